The first-order valence-corrected chi connectivity index (χ1v) is 8.89. The van der Waals surface area contributed by atoms with E-state index in [-0.39, 0.29) is 11.4 Å². The SMILES string of the molecule is CCC1CCC(CN)(NS(=O)(=O)c2ccc(F)cc2)CC1. The minimum Gasteiger partial charge on any atom is -0.329 e. The molecule has 0 heterocycles. The summed E-state index contributed by atoms with van der Waals surface area (Å²) < 4.78 is 40.6. The molecule has 3 N–H and O–H groups in total. The summed E-state index contributed by atoms with van der Waals surface area (Å²) in [4.78, 5) is 0.0781. The molecule has 6 heteroatoms. The second-order valence-corrected chi connectivity index (χ2v) is 7.58. The lowest BCUT2D eigenvalue weighted by molar-refractivity contribution is 0.217. The number of hydrogen-bond acceptors (Lipinski definition) is 3. The Morgan fingerprint density at radius 1 is 1.29 bits per heavy atom. The molecule has 1 aliphatic carbocycles. The summed E-state index contributed by atoms with van der Waals surface area (Å²) in [6, 6.07) is 4.86. The Labute approximate surface area is 126 Å². The topological polar surface area (TPSA) is 72.2 Å². The highest BCUT2D eigenvalue weighted by molar-refractivity contribution is 7.89. The van der Waals surface area contributed by atoms with Gasteiger partial charge in [-0.3, -0.25) is 0 Å². The summed E-state index contributed by atoms with van der Waals surface area (Å²) in [5.41, 5.74) is 5.28. The number of benzene rings is 1. The van der Waals surface area contributed by atoms with Crippen LogP contribution in [-0.2, 0) is 10.0 Å². The Balaban J connectivity index is 2.16. The molecule has 0 unspecified atom stereocenters. The van der Waals surface area contributed by atoms with Crippen molar-refractivity contribution in [2.24, 2.45) is 11.7 Å². The van der Waals surface area contributed by atoms with Crippen LogP contribution in [0.4, 0.5) is 4.39 Å². The zero-order valence-corrected chi connectivity index (χ0v) is 13.1. The van der Waals surface area contributed by atoms with Crippen molar-refractivity contribution >= 4 is 10.0 Å². The van der Waals surface area contributed by atoms with E-state index in [1.807, 2.05) is 0 Å². The standard InChI is InChI=1S/C15H23FN2O2S/c1-2-12-7-9-15(11-17,10-8-12)18-21(19,20)14-5-3-13(16)4-6-14/h3-6,12,18H,2,7-11,17H2,1H3. The van der Waals surface area contributed by atoms with Crippen LogP contribution in [0, 0.1) is 11.7 Å². The molecule has 0 atom stereocenters. The minimum absolute atomic E-state index is 0.0781. The van der Waals surface area contributed by atoms with E-state index in [9.17, 15) is 12.8 Å². The quantitative estimate of drug-likeness (QED) is 0.876. The summed E-state index contributed by atoms with van der Waals surface area (Å²) in [6.45, 7) is 2.44. The van der Waals surface area contributed by atoms with Crippen molar-refractivity contribution in [1.82, 2.24) is 4.72 Å². The zero-order valence-electron chi connectivity index (χ0n) is 12.3. The van der Waals surface area contributed by atoms with Crippen LogP contribution in [0.3, 0.4) is 0 Å². The molecule has 0 radical (unpaired) electrons. The van der Waals surface area contributed by atoms with Gasteiger partial charge in [0, 0.05) is 12.1 Å². The van der Waals surface area contributed by atoms with Crippen LogP contribution in [0.5, 0.6) is 0 Å². The van der Waals surface area contributed by atoms with E-state index < -0.39 is 21.4 Å². The molecule has 0 amide bonds. The lowest BCUT2D eigenvalue weighted by Crippen LogP contribution is -2.55. The third kappa shape index (κ3) is 3.81. The largest absolute Gasteiger partial charge is 0.329 e. The molecule has 0 spiro atoms. The molecule has 0 bridgehead atoms. The molecule has 1 fully saturated rings. The van der Waals surface area contributed by atoms with Crippen LogP contribution in [-0.4, -0.2) is 20.5 Å². The zero-order chi connectivity index (χ0) is 15.5. The van der Waals surface area contributed by atoms with E-state index >= 15 is 0 Å². The van der Waals surface area contributed by atoms with E-state index in [0.717, 1.165) is 44.2 Å². The molecule has 1 aromatic rings. The average molecular weight is 314 g/mol. The third-order valence-corrected chi connectivity index (χ3v) is 6.10. The van der Waals surface area contributed by atoms with Crippen molar-refractivity contribution in [2.45, 2.75) is 49.5 Å². The molecular formula is C15H23FN2O2S. The van der Waals surface area contributed by atoms with Gasteiger partial charge in [0.1, 0.15) is 5.82 Å². The Hall–Kier alpha value is -0.980. The third-order valence-electron chi connectivity index (χ3n) is 4.51. The first-order chi connectivity index (χ1) is 9.91. The number of hydrogen-bond donors (Lipinski definition) is 2. The molecule has 2 rings (SSSR count). The van der Waals surface area contributed by atoms with Crippen LogP contribution in [0.2, 0.25) is 0 Å². The summed E-state index contributed by atoms with van der Waals surface area (Å²) in [5, 5.41) is 0. The van der Waals surface area contributed by atoms with Gasteiger partial charge in [0.25, 0.3) is 0 Å². The van der Waals surface area contributed by atoms with Crippen molar-refractivity contribution in [2.75, 3.05) is 6.54 Å². The molecule has 0 aromatic heterocycles. The van der Waals surface area contributed by atoms with Gasteiger partial charge in [0.2, 0.25) is 10.0 Å². The van der Waals surface area contributed by atoms with Gasteiger partial charge in [0.05, 0.1) is 4.90 Å². The maximum atomic E-state index is 12.9. The molecule has 0 aliphatic heterocycles. The van der Waals surface area contributed by atoms with Crippen molar-refractivity contribution in [1.29, 1.82) is 0 Å². The molecule has 1 aromatic carbocycles. The predicted octanol–water partition coefficient (Wildman–Crippen LogP) is 2.40. The summed E-state index contributed by atoms with van der Waals surface area (Å²) >= 11 is 0. The fraction of sp³-hybridized carbons (Fsp3) is 0.600. The maximum absolute atomic E-state index is 12.9. The van der Waals surface area contributed by atoms with E-state index in [4.69, 9.17) is 5.73 Å². The predicted molar refractivity (Wildman–Crippen MR) is 80.8 cm³/mol. The van der Waals surface area contributed by atoms with E-state index in [2.05, 4.69) is 11.6 Å². The molecule has 0 saturated heterocycles. The number of nitrogens with two attached hydrogens (primary N) is 1. The summed E-state index contributed by atoms with van der Waals surface area (Å²) in [5.74, 6) is 0.200. The number of sulfonamides is 1. The second-order valence-electron chi connectivity index (χ2n) is 5.90. The van der Waals surface area contributed by atoms with Gasteiger partial charge in [-0.2, -0.15) is 0 Å². The first-order valence-electron chi connectivity index (χ1n) is 7.40. The molecule has 1 aliphatic rings. The average Bonchev–Trinajstić information content (AvgIpc) is 2.48. The van der Waals surface area contributed by atoms with Gasteiger partial charge in [-0.15, -0.1) is 0 Å². The van der Waals surface area contributed by atoms with Gasteiger partial charge in [-0.1, -0.05) is 13.3 Å². The fourth-order valence-electron chi connectivity index (χ4n) is 2.94. The van der Waals surface area contributed by atoms with Crippen molar-refractivity contribution in [3.05, 3.63) is 30.1 Å². The van der Waals surface area contributed by atoms with Crippen molar-refractivity contribution < 1.29 is 12.8 Å². The van der Waals surface area contributed by atoms with Crippen LogP contribution < -0.4 is 10.5 Å². The first kappa shape index (κ1) is 16.4. The van der Waals surface area contributed by atoms with Crippen LogP contribution in [0.25, 0.3) is 0 Å². The van der Waals surface area contributed by atoms with E-state index in [1.165, 1.54) is 12.1 Å². The fourth-order valence-corrected chi connectivity index (χ4v) is 4.41. The molecular weight excluding hydrogens is 291 g/mol. The number of halogens is 1. The number of rotatable bonds is 5. The van der Waals surface area contributed by atoms with Crippen molar-refractivity contribution in [3.8, 4) is 0 Å². The lowest BCUT2D eigenvalue weighted by Gasteiger charge is -2.39. The van der Waals surface area contributed by atoms with Crippen LogP contribution >= 0.6 is 0 Å². The smallest absolute Gasteiger partial charge is 0.241 e. The second kappa shape index (κ2) is 6.42. The molecule has 118 valence electrons. The van der Waals surface area contributed by atoms with Crippen LogP contribution in [0.1, 0.15) is 39.0 Å². The Bertz CT molecular complexity index is 564. The van der Waals surface area contributed by atoms with Crippen molar-refractivity contribution in [3.63, 3.8) is 0 Å². The Morgan fingerprint density at radius 3 is 2.33 bits per heavy atom. The lowest BCUT2D eigenvalue weighted by atomic mass is 9.76. The Kier molecular flexibility index (Phi) is 5.01. The minimum atomic E-state index is -3.67. The van der Waals surface area contributed by atoms with Gasteiger partial charge in [-0.05, 0) is 55.9 Å². The van der Waals surface area contributed by atoms with E-state index in [1.54, 1.807) is 0 Å². The van der Waals surface area contributed by atoms with E-state index in [0.29, 0.717) is 5.92 Å². The molecule has 1 saturated carbocycles. The summed E-state index contributed by atoms with van der Waals surface area (Å²) in [7, 11) is -3.67. The molecule has 4 nitrogen and oxygen atoms in total. The van der Waals surface area contributed by atoms with Gasteiger partial charge < -0.3 is 5.73 Å². The highest BCUT2D eigenvalue weighted by Crippen LogP contribution is 2.34. The number of nitrogens with one attached hydrogen (secondary N) is 1. The maximum Gasteiger partial charge on any atom is 0.241 e. The Morgan fingerprint density at radius 2 is 1.86 bits per heavy atom. The van der Waals surface area contributed by atoms with Gasteiger partial charge in [-0.25, -0.2) is 17.5 Å². The molecule has 21 heavy (non-hydrogen) atoms. The highest BCUT2D eigenvalue weighted by atomic mass is 32.2. The monoisotopic (exact) mass is 314 g/mol. The summed E-state index contributed by atoms with van der Waals surface area (Å²) in [6.07, 6.45) is 4.59. The van der Waals surface area contributed by atoms with Gasteiger partial charge in [0.15, 0.2) is 0 Å². The van der Waals surface area contributed by atoms with Crippen LogP contribution in [0.15, 0.2) is 29.2 Å². The highest BCUT2D eigenvalue weighted by Gasteiger charge is 2.37. The normalized spacial score (nSPS) is 26.7. The van der Waals surface area contributed by atoms with Gasteiger partial charge >= 0.3 is 0 Å².